The Morgan fingerprint density at radius 3 is 2.20 bits per heavy atom. The maximum atomic E-state index is 14.0. The van der Waals surface area contributed by atoms with Crippen molar-refractivity contribution in [3.05, 3.63) is 90.5 Å². The van der Waals surface area contributed by atoms with Crippen LogP contribution in [0.5, 0.6) is 0 Å². The first-order valence-electron chi connectivity index (χ1n) is 14.5. The van der Waals surface area contributed by atoms with E-state index in [2.05, 4.69) is 22.3 Å². The fourth-order valence-electron chi connectivity index (χ4n) is 6.28. The molecule has 212 valence electrons. The molecule has 3 aliphatic rings. The number of rotatable bonds is 7. The van der Waals surface area contributed by atoms with Gasteiger partial charge in [-0.2, -0.15) is 0 Å². The fraction of sp³-hybridized carbons (Fsp3) is 0.364. The van der Waals surface area contributed by atoms with E-state index in [0.717, 1.165) is 36.3 Å². The second-order valence-corrected chi connectivity index (χ2v) is 11.1. The number of carbonyl (C=O) groups excluding carboxylic acids is 3. The molecule has 1 unspecified atom stereocenters. The SMILES string of the molecule is O=C(CN1CN(c2ccccc2)C2(CCN(C(=O)c3ccc(-c4ccccc4)cc3)CC2)C1=O)NCC1CCCO1. The molecule has 0 saturated carbocycles. The van der Waals surface area contributed by atoms with Gasteiger partial charge in [0.25, 0.3) is 11.8 Å². The number of amides is 3. The molecule has 3 fully saturated rings. The summed E-state index contributed by atoms with van der Waals surface area (Å²) in [5, 5.41) is 2.94. The Morgan fingerprint density at radius 2 is 1.54 bits per heavy atom. The monoisotopic (exact) mass is 552 g/mol. The van der Waals surface area contributed by atoms with Crippen LogP contribution >= 0.6 is 0 Å². The highest BCUT2D eigenvalue weighted by molar-refractivity contribution is 5.98. The Balaban J connectivity index is 1.14. The van der Waals surface area contributed by atoms with E-state index in [1.165, 1.54) is 0 Å². The van der Waals surface area contributed by atoms with Gasteiger partial charge in [-0.1, -0.05) is 60.7 Å². The molecule has 0 aromatic heterocycles. The summed E-state index contributed by atoms with van der Waals surface area (Å²) in [6.45, 7) is 2.48. The van der Waals surface area contributed by atoms with Gasteiger partial charge in [0.1, 0.15) is 12.1 Å². The van der Waals surface area contributed by atoms with Gasteiger partial charge in [-0.05, 0) is 61.1 Å². The number of para-hydroxylation sites is 1. The van der Waals surface area contributed by atoms with Gasteiger partial charge in [-0.3, -0.25) is 14.4 Å². The molecule has 3 saturated heterocycles. The van der Waals surface area contributed by atoms with E-state index < -0.39 is 5.54 Å². The van der Waals surface area contributed by atoms with Crippen molar-refractivity contribution < 1.29 is 19.1 Å². The number of carbonyl (C=O) groups is 3. The molecule has 8 heteroatoms. The van der Waals surface area contributed by atoms with Gasteiger partial charge < -0.3 is 24.8 Å². The summed E-state index contributed by atoms with van der Waals surface area (Å²) in [5.74, 6) is -0.250. The minimum Gasteiger partial charge on any atom is -0.376 e. The maximum Gasteiger partial charge on any atom is 0.253 e. The van der Waals surface area contributed by atoms with Crippen LogP contribution in [0.1, 0.15) is 36.0 Å². The van der Waals surface area contributed by atoms with Crippen LogP contribution in [-0.4, -0.2) is 78.6 Å². The van der Waals surface area contributed by atoms with Crippen LogP contribution < -0.4 is 10.2 Å². The van der Waals surface area contributed by atoms with Crippen molar-refractivity contribution in [2.75, 3.05) is 44.4 Å². The third-order valence-corrected chi connectivity index (χ3v) is 8.58. The van der Waals surface area contributed by atoms with Gasteiger partial charge in [-0.25, -0.2) is 0 Å². The summed E-state index contributed by atoms with van der Waals surface area (Å²) in [7, 11) is 0. The second-order valence-electron chi connectivity index (χ2n) is 11.1. The van der Waals surface area contributed by atoms with Crippen molar-refractivity contribution in [2.24, 2.45) is 0 Å². The van der Waals surface area contributed by atoms with Crippen molar-refractivity contribution in [1.82, 2.24) is 15.1 Å². The van der Waals surface area contributed by atoms with E-state index in [-0.39, 0.29) is 30.4 Å². The van der Waals surface area contributed by atoms with Crippen molar-refractivity contribution in [1.29, 1.82) is 0 Å². The highest BCUT2D eigenvalue weighted by Crippen LogP contribution is 2.39. The Hall–Kier alpha value is -4.17. The van der Waals surface area contributed by atoms with Gasteiger partial charge in [0.15, 0.2) is 0 Å². The summed E-state index contributed by atoms with van der Waals surface area (Å²) >= 11 is 0. The lowest BCUT2D eigenvalue weighted by Crippen LogP contribution is -2.57. The van der Waals surface area contributed by atoms with Crippen LogP contribution in [0.4, 0.5) is 5.69 Å². The van der Waals surface area contributed by atoms with Gasteiger partial charge in [0.2, 0.25) is 5.91 Å². The Kier molecular flexibility index (Phi) is 7.74. The van der Waals surface area contributed by atoms with Crippen LogP contribution in [0.25, 0.3) is 11.1 Å². The number of anilines is 1. The highest BCUT2D eigenvalue weighted by atomic mass is 16.5. The predicted octanol–water partition coefficient (Wildman–Crippen LogP) is 3.93. The number of ether oxygens (including phenoxy) is 1. The predicted molar refractivity (Wildman–Crippen MR) is 157 cm³/mol. The van der Waals surface area contributed by atoms with Crippen molar-refractivity contribution in [3.8, 4) is 11.1 Å². The molecular formula is C33H36N4O4. The molecule has 3 aliphatic heterocycles. The quantitative estimate of drug-likeness (QED) is 0.481. The first-order valence-corrected chi connectivity index (χ1v) is 14.5. The van der Waals surface area contributed by atoms with Crippen LogP contribution in [-0.2, 0) is 14.3 Å². The van der Waals surface area contributed by atoms with Gasteiger partial charge in [0, 0.05) is 37.5 Å². The highest BCUT2D eigenvalue weighted by Gasteiger charge is 2.54. The number of benzene rings is 3. The fourth-order valence-corrected chi connectivity index (χ4v) is 6.28. The number of hydrogen-bond acceptors (Lipinski definition) is 5. The maximum absolute atomic E-state index is 14.0. The van der Waals surface area contributed by atoms with E-state index in [1.54, 1.807) is 4.90 Å². The number of hydrogen-bond donors (Lipinski definition) is 1. The van der Waals surface area contributed by atoms with E-state index in [0.29, 0.717) is 44.7 Å². The smallest absolute Gasteiger partial charge is 0.253 e. The van der Waals surface area contributed by atoms with E-state index in [4.69, 9.17) is 4.74 Å². The van der Waals surface area contributed by atoms with Crippen molar-refractivity contribution >= 4 is 23.4 Å². The summed E-state index contributed by atoms with van der Waals surface area (Å²) < 4.78 is 5.61. The number of nitrogens with one attached hydrogen (secondary N) is 1. The normalized spacial score (nSPS) is 20.0. The number of piperidine rings is 1. The minimum atomic E-state index is -0.788. The first kappa shape index (κ1) is 27.0. The lowest BCUT2D eigenvalue weighted by molar-refractivity contribution is -0.137. The molecule has 1 spiro atoms. The summed E-state index contributed by atoms with van der Waals surface area (Å²) in [4.78, 5) is 45.8. The van der Waals surface area contributed by atoms with Crippen LogP contribution in [0.15, 0.2) is 84.9 Å². The molecule has 0 aliphatic carbocycles. The average Bonchev–Trinajstić information content (AvgIpc) is 3.64. The lowest BCUT2D eigenvalue weighted by Gasteiger charge is -2.43. The molecule has 3 heterocycles. The molecular weight excluding hydrogens is 516 g/mol. The summed E-state index contributed by atoms with van der Waals surface area (Å²) in [5.41, 5.74) is 2.97. The molecule has 0 radical (unpaired) electrons. The van der Waals surface area contributed by atoms with Crippen LogP contribution in [0.3, 0.4) is 0 Å². The van der Waals surface area contributed by atoms with Crippen molar-refractivity contribution in [2.45, 2.75) is 37.3 Å². The Bertz CT molecular complexity index is 1370. The Labute approximate surface area is 240 Å². The molecule has 8 nitrogen and oxygen atoms in total. The topological polar surface area (TPSA) is 82.2 Å². The van der Waals surface area contributed by atoms with E-state index in [1.807, 2.05) is 77.7 Å². The molecule has 3 aromatic carbocycles. The third kappa shape index (κ3) is 5.57. The standard InChI is InChI=1S/C33H36N4O4/c38-30(34-22-29-12-7-21-41-29)23-36-24-37(28-10-5-2-6-11-28)33(32(36)40)17-19-35(20-18-33)31(39)27-15-13-26(14-16-27)25-8-3-1-4-9-25/h1-6,8-11,13-16,29H,7,12,17-24H2,(H,34,38). The van der Waals surface area contributed by atoms with Gasteiger partial charge >= 0.3 is 0 Å². The molecule has 3 amide bonds. The van der Waals surface area contributed by atoms with E-state index >= 15 is 0 Å². The lowest BCUT2D eigenvalue weighted by atomic mass is 9.85. The minimum absolute atomic E-state index is 0.00699. The average molecular weight is 553 g/mol. The molecule has 1 N–H and O–H groups in total. The van der Waals surface area contributed by atoms with Crippen LogP contribution in [0, 0.1) is 0 Å². The largest absolute Gasteiger partial charge is 0.376 e. The van der Waals surface area contributed by atoms with Gasteiger partial charge in [-0.15, -0.1) is 0 Å². The Morgan fingerprint density at radius 1 is 0.878 bits per heavy atom. The molecule has 6 rings (SSSR count). The number of likely N-dealkylation sites (tertiary alicyclic amines) is 1. The zero-order chi connectivity index (χ0) is 28.2. The second kappa shape index (κ2) is 11.7. The molecule has 3 aromatic rings. The molecule has 0 bridgehead atoms. The first-order chi connectivity index (χ1) is 20.0. The summed E-state index contributed by atoms with van der Waals surface area (Å²) in [6, 6.07) is 27.7. The number of nitrogens with zero attached hydrogens (tertiary/aromatic N) is 3. The van der Waals surface area contributed by atoms with Gasteiger partial charge in [0.05, 0.1) is 12.8 Å². The molecule has 41 heavy (non-hydrogen) atoms. The van der Waals surface area contributed by atoms with Crippen LogP contribution in [0.2, 0.25) is 0 Å². The third-order valence-electron chi connectivity index (χ3n) is 8.58. The molecule has 1 atom stereocenters. The summed E-state index contributed by atoms with van der Waals surface area (Å²) in [6.07, 6.45) is 3.01. The zero-order valence-electron chi connectivity index (χ0n) is 23.2. The zero-order valence-corrected chi connectivity index (χ0v) is 23.2. The van der Waals surface area contributed by atoms with E-state index in [9.17, 15) is 14.4 Å². The van der Waals surface area contributed by atoms with Crippen molar-refractivity contribution in [3.63, 3.8) is 0 Å².